The zero-order valence-electron chi connectivity index (χ0n) is 19.7. The molecule has 2 amide bonds. The monoisotopic (exact) mass is 578 g/mol. The van der Waals surface area contributed by atoms with E-state index >= 15 is 0 Å². The van der Waals surface area contributed by atoms with Crippen molar-refractivity contribution < 1.29 is 33.5 Å². The van der Waals surface area contributed by atoms with E-state index in [2.05, 4.69) is 15.9 Å². The number of esters is 1. The van der Waals surface area contributed by atoms with Crippen molar-refractivity contribution in [3.05, 3.63) is 67.0 Å². The lowest BCUT2D eigenvalue weighted by Crippen LogP contribution is -2.42. The number of carbonyl (C=O) groups is 3. The number of rotatable bonds is 10. The smallest absolute Gasteiger partial charge is 0.329 e. The normalized spacial score (nSPS) is 15.2. The predicted molar refractivity (Wildman–Crippen MR) is 137 cm³/mol. The van der Waals surface area contributed by atoms with Gasteiger partial charge in [0.05, 0.1) is 23.0 Å². The Balaban J connectivity index is 1.85. The summed E-state index contributed by atoms with van der Waals surface area (Å²) >= 11 is 4.18. The molecule has 1 saturated heterocycles. The van der Waals surface area contributed by atoms with Crippen molar-refractivity contribution in [2.45, 2.75) is 33.4 Å². The van der Waals surface area contributed by atoms with Gasteiger partial charge in [-0.05, 0) is 61.9 Å². The van der Waals surface area contributed by atoms with Gasteiger partial charge < -0.3 is 14.2 Å². The number of ether oxygens (including phenoxy) is 3. The van der Waals surface area contributed by atoms with Crippen LogP contribution in [0, 0.1) is 10.1 Å². The van der Waals surface area contributed by atoms with Gasteiger partial charge in [-0.1, -0.05) is 28.1 Å². The number of benzene rings is 2. The zero-order valence-corrected chi connectivity index (χ0v) is 22.1. The molecule has 0 radical (unpaired) electrons. The predicted octanol–water partition coefficient (Wildman–Crippen LogP) is 5.32. The fourth-order valence-electron chi connectivity index (χ4n) is 3.29. The Morgan fingerprint density at radius 3 is 2.56 bits per heavy atom. The van der Waals surface area contributed by atoms with Gasteiger partial charge in [-0.2, -0.15) is 0 Å². The maximum atomic E-state index is 12.9. The molecule has 1 aliphatic heterocycles. The molecule has 10 nitrogen and oxygen atoms in total. The number of nitro groups is 1. The minimum Gasteiger partial charge on any atom is -0.490 e. The molecule has 0 saturated carbocycles. The van der Waals surface area contributed by atoms with E-state index in [9.17, 15) is 24.5 Å². The second-order valence-corrected chi connectivity index (χ2v) is 9.30. The third-order valence-corrected chi connectivity index (χ3v) is 6.57. The van der Waals surface area contributed by atoms with E-state index in [4.69, 9.17) is 14.2 Å². The van der Waals surface area contributed by atoms with Gasteiger partial charge in [0.2, 0.25) is 0 Å². The molecule has 0 aliphatic carbocycles. The van der Waals surface area contributed by atoms with E-state index in [0.29, 0.717) is 33.7 Å². The van der Waals surface area contributed by atoms with E-state index in [1.807, 2.05) is 0 Å². The van der Waals surface area contributed by atoms with Gasteiger partial charge in [-0.25, -0.2) is 4.79 Å². The molecule has 36 heavy (non-hydrogen) atoms. The van der Waals surface area contributed by atoms with Crippen molar-refractivity contribution in [2.24, 2.45) is 0 Å². The third-order valence-electron chi connectivity index (χ3n) is 5.00. The van der Waals surface area contributed by atoms with E-state index in [1.54, 1.807) is 38.1 Å². The molecule has 0 aromatic heterocycles. The van der Waals surface area contributed by atoms with Gasteiger partial charge in [0, 0.05) is 16.6 Å². The van der Waals surface area contributed by atoms with Gasteiger partial charge in [0.25, 0.3) is 16.8 Å². The highest BCUT2D eigenvalue weighted by Gasteiger charge is 2.41. The van der Waals surface area contributed by atoms with Crippen LogP contribution in [0.1, 0.15) is 31.9 Å². The average molecular weight is 579 g/mol. The van der Waals surface area contributed by atoms with Crippen LogP contribution in [0.5, 0.6) is 11.5 Å². The van der Waals surface area contributed by atoms with Crippen molar-refractivity contribution in [3.8, 4) is 11.5 Å². The van der Waals surface area contributed by atoms with Crippen molar-refractivity contribution in [2.75, 3.05) is 13.2 Å². The minimum absolute atomic E-state index is 0.0381. The molecule has 0 bridgehead atoms. The Morgan fingerprint density at radius 1 is 1.17 bits per heavy atom. The molecule has 2 aromatic carbocycles. The lowest BCUT2D eigenvalue weighted by Gasteiger charge is -2.19. The summed E-state index contributed by atoms with van der Waals surface area (Å²) in [4.78, 5) is 48.9. The first-order valence-electron chi connectivity index (χ1n) is 10.9. The number of thioether (sulfide) groups is 1. The Labute approximate surface area is 219 Å². The number of imide groups is 1. The molecule has 0 N–H and O–H groups in total. The highest BCUT2D eigenvalue weighted by molar-refractivity contribution is 9.10. The van der Waals surface area contributed by atoms with E-state index < -0.39 is 28.1 Å². The number of nitrogens with zero attached hydrogens (tertiary/aromatic N) is 2. The third kappa shape index (κ3) is 6.24. The summed E-state index contributed by atoms with van der Waals surface area (Å²) in [5, 5.41) is 10.4. The molecule has 3 rings (SSSR count). The SMILES string of the molecule is CCOC(=O)[C@@H](C)N1C(=O)S/C(=C/c2cc(OCC)c(OCc3cccc([N+](=O)[O-])c3)cc2Br)C1=O. The van der Waals surface area contributed by atoms with Crippen LogP contribution in [0.2, 0.25) is 0 Å². The van der Waals surface area contributed by atoms with Crippen molar-refractivity contribution in [1.29, 1.82) is 0 Å². The number of amides is 2. The van der Waals surface area contributed by atoms with Crippen LogP contribution < -0.4 is 9.47 Å². The molecule has 1 heterocycles. The molecule has 1 aliphatic rings. The molecule has 1 atom stereocenters. The molecule has 0 unspecified atom stereocenters. The average Bonchev–Trinajstić information content (AvgIpc) is 3.12. The van der Waals surface area contributed by atoms with Crippen molar-refractivity contribution in [1.82, 2.24) is 4.90 Å². The summed E-state index contributed by atoms with van der Waals surface area (Å²) in [6.07, 6.45) is 1.53. The fourth-order valence-corrected chi connectivity index (χ4v) is 4.62. The second-order valence-electron chi connectivity index (χ2n) is 7.45. The summed E-state index contributed by atoms with van der Waals surface area (Å²) in [6.45, 7) is 5.42. The summed E-state index contributed by atoms with van der Waals surface area (Å²) < 4.78 is 17.1. The van der Waals surface area contributed by atoms with Crippen LogP contribution in [0.3, 0.4) is 0 Å². The minimum atomic E-state index is -1.05. The first kappa shape index (κ1) is 27.2. The van der Waals surface area contributed by atoms with Gasteiger partial charge in [0.1, 0.15) is 12.6 Å². The second kappa shape index (κ2) is 12.0. The molecule has 0 spiro atoms. The topological polar surface area (TPSA) is 125 Å². The maximum absolute atomic E-state index is 12.9. The number of non-ortho nitro benzene ring substituents is 1. The molecular formula is C24H23BrN2O8S. The van der Waals surface area contributed by atoms with Crippen LogP contribution in [0.4, 0.5) is 10.5 Å². The summed E-state index contributed by atoms with van der Waals surface area (Å²) in [5.74, 6) is -0.486. The standard InChI is InChI=1S/C24H23BrN2O8S/c1-4-33-19-10-16(11-21-22(28)26(24(30)36-21)14(3)23(29)34-5-2)18(25)12-20(19)35-13-15-7-6-8-17(9-15)27(31)32/h6-12,14H,4-5,13H2,1-3H3/b21-11+/t14-/m1/s1. The molecular weight excluding hydrogens is 556 g/mol. The zero-order chi connectivity index (χ0) is 26.4. The molecule has 12 heteroatoms. The van der Waals surface area contributed by atoms with E-state index in [-0.39, 0.29) is 23.8 Å². The first-order valence-corrected chi connectivity index (χ1v) is 12.5. The van der Waals surface area contributed by atoms with Crippen LogP contribution in [0.25, 0.3) is 6.08 Å². The lowest BCUT2D eigenvalue weighted by atomic mass is 10.1. The number of hydrogen-bond acceptors (Lipinski definition) is 9. The number of halogens is 1. The van der Waals surface area contributed by atoms with Crippen LogP contribution in [0.15, 0.2) is 45.8 Å². The highest BCUT2D eigenvalue weighted by Crippen LogP contribution is 2.39. The van der Waals surface area contributed by atoms with Gasteiger partial charge >= 0.3 is 5.97 Å². The van der Waals surface area contributed by atoms with Gasteiger partial charge in [-0.15, -0.1) is 0 Å². The summed E-state index contributed by atoms with van der Waals surface area (Å²) in [6, 6.07) is 8.38. The van der Waals surface area contributed by atoms with Crippen LogP contribution in [-0.2, 0) is 20.9 Å². The van der Waals surface area contributed by atoms with Gasteiger partial charge in [0.15, 0.2) is 11.5 Å². The lowest BCUT2D eigenvalue weighted by molar-refractivity contribution is -0.384. The Morgan fingerprint density at radius 2 is 1.89 bits per heavy atom. The maximum Gasteiger partial charge on any atom is 0.329 e. The number of nitro benzene ring substituents is 1. The van der Waals surface area contributed by atoms with E-state index in [0.717, 1.165) is 16.7 Å². The Bertz CT molecular complexity index is 1230. The summed E-state index contributed by atoms with van der Waals surface area (Å²) in [5.41, 5.74) is 1.12. The Kier molecular flexibility index (Phi) is 9.10. The van der Waals surface area contributed by atoms with Gasteiger partial charge in [-0.3, -0.25) is 24.6 Å². The summed E-state index contributed by atoms with van der Waals surface area (Å²) in [7, 11) is 0. The van der Waals surface area contributed by atoms with Crippen LogP contribution in [-0.4, -0.2) is 46.2 Å². The van der Waals surface area contributed by atoms with E-state index in [1.165, 1.54) is 25.1 Å². The first-order chi connectivity index (χ1) is 17.2. The van der Waals surface area contributed by atoms with Crippen molar-refractivity contribution in [3.63, 3.8) is 0 Å². The molecule has 190 valence electrons. The molecule has 2 aromatic rings. The quantitative estimate of drug-likeness (QED) is 0.159. The number of carbonyl (C=O) groups excluding carboxylic acids is 3. The molecule has 1 fully saturated rings. The van der Waals surface area contributed by atoms with Crippen LogP contribution >= 0.6 is 27.7 Å². The largest absolute Gasteiger partial charge is 0.490 e. The Hall–Kier alpha value is -3.38. The highest BCUT2D eigenvalue weighted by atomic mass is 79.9. The number of hydrogen-bond donors (Lipinski definition) is 0. The fraction of sp³-hybridized carbons (Fsp3) is 0.292. The van der Waals surface area contributed by atoms with Crippen molar-refractivity contribution >= 4 is 56.6 Å².